The second kappa shape index (κ2) is 10.4. The molecule has 22 heavy (non-hydrogen) atoms. The molecule has 2 aliphatic rings. The van der Waals surface area contributed by atoms with Crippen molar-refractivity contribution in [2.75, 3.05) is 0 Å². The van der Waals surface area contributed by atoms with Crippen molar-refractivity contribution in [3.63, 3.8) is 0 Å². The van der Waals surface area contributed by atoms with Crippen molar-refractivity contribution < 1.29 is 4.79 Å². The lowest BCUT2D eigenvalue weighted by atomic mass is 9.69. The topological polar surface area (TPSA) is 17.1 Å². The van der Waals surface area contributed by atoms with Crippen LogP contribution in [0.15, 0.2) is 0 Å². The quantitative estimate of drug-likeness (QED) is 0.349. The van der Waals surface area contributed by atoms with E-state index in [0.717, 1.165) is 17.8 Å². The molecule has 0 atom stereocenters. The second-order valence-corrected chi connectivity index (χ2v) is 8.15. The van der Waals surface area contributed by atoms with Crippen molar-refractivity contribution in [2.45, 2.75) is 103 Å². The van der Waals surface area contributed by atoms with Gasteiger partial charge in [-0.1, -0.05) is 64.7 Å². The Kier molecular flexibility index (Phi) is 8.55. The van der Waals surface area contributed by atoms with E-state index in [9.17, 15) is 4.79 Å². The fourth-order valence-corrected chi connectivity index (χ4v) is 4.91. The van der Waals surface area contributed by atoms with Gasteiger partial charge in [0, 0.05) is 5.92 Å². The van der Waals surface area contributed by atoms with Crippen LogP contribution in [0.5, 0.6) is 0 Å². The average molecular weight is 307 g/mol. The zero-order valence-corrected chi connectivity index (χ0v) is 14.9. The van der Waals surface area contributed by atoms with Gasteiger partial charge in [-0.3, -0.25) is 0 Å². The van der Waals surface area contributed by atoms with Gasteiger partial charge in [0.15, 0.2) is 0 Å². The lowest BCUT2D eigenvalue weighted by Crippen LogP contribution is -2.26. The van der Waals surface area contributed by atoms with Gasteiger partial charge in [-0.2, -0.15) is 0 Å². The van der Waals surface area contributed by atoms with Crippen molar-refractivity contribution in [2.24, 2.45) is 23.7 Å². The molecule has 2 saturated carbocycles. The summed E-state index contributed by atoms with van der Waals surface area (Å²) >= 11 is 0. The number of hydrogen-bond acceptors (Lipinski definition) is 1. The number of aldehydes is 1. The van der Waals surface area contributed by atoms with E-state index in [2.05, 4.69) is 6.92 Å². The van der Waals surface area contributed by atoms with Crippen LogP contribution in [0, 0.1) is 23.7 Å². The molecular weight excluding hydrogens is 268 g/mol. The number of unbranched alkanes of at least 4 members (excludes halogenated alkanes) is 5. The first-order valence-corrected chi connectivity index (χ1v) is 10.3. The molecule has 0 N–H and O–H groups in total. The molecule has 2 rings (SSSR count). The Balaban J connectivity index is 1.53. The SMILES string of the molecule is CCCCCCCCC1CCC(C2CCC(C=O)CC2)CC1. The van der Waals surface area contributed by atoms with E-state index >= 15 is 0 Å². The zero-order chi connectivity index (χ0) is 15.6. The molecule has 0 bridgehead atoms. The summed E-state index contributed by atoms with van der Waals surface area (Å²) < 4.78 is 0. The van der Waals surface area contributed by atoms with Gasteiger partial charge in [0.2, 0.25) is 0 Å². The van der Waals surface area contributed by atoms with E-state index < -0.39 is 0 Å². The normalized spacial score (nSPS) is 32.8. The van der Waals surface area contributed by atoms with Crippen LogP contribution >= 0.6 is 0 Å². The van der Waals surface area contributed by atoms with Gasteiger partial charge in [-0.15, -0.1) is 0 Å². The molecule has 0 spiro atoms. The van der Waals surface area contributed by atoms with Gasteiger partial charge in [-0.05, 0) is 56.3 Å². The van der Waals surface area contributed by atoms with Gasteiger partial charge in [0.1, 0.15) is 6.29 Å². The molecule has 0 radical (unpaired) electrons. The van der Waals surface area contributed by atoms with Crippen molar-refractivity contribution in [3.05, 3.63) is 0 Å². The Morgan fingerprint density at radius 2 is 1.27 bits per heavy atom. The maximum Gasteiger partial charge on any atom is 0.123 e. The lowest BCUT2D eigenvalue weighted by molar-refractivity contribution is -0.112. The van der Waals surface area contributed by atoms with Crippen LogP contribution in [0.4, 0.5) is 0 Å². The average Bonchev–Trinajstić information content (AvgIpc) is 2.59. The van der Waals surface area contributed by atoms with Crippen molar-refractivity contribution in [3.8, 4) is 0 Å². The third kappa shape index (κ3) is 6.05. The summed E-state index contributed by atoms with van der Waals surface area (Å²) in [6.07, 6.45) is 22.3. The second-order valence-electron chi connectivity index (χ2n) is 8.15. The number of hydrogen-bond donors (Lipinski definition) is 0. The third-order valence-electron chi connectivity index (χ3n) is 6.53. The molecule has 0 saturated heterocycles. The predicted octanol–water partition coefficient (Wildman–Crippen LogP) is 6.55. The molecule has 0 unspecified atom stereocenters. The summed E-state index contributed by atoms with van der Waals surface area (Å²) in [6, 6.07) is 0. The summed E-state index contributed by atoms with van der Waals surface area (Å²) in [5.41, 5.74) is 0. The molecular formula is C21H38O. The molecule has 0 aliphatic heterocycles. The Bertz CT molecular complexity index is 282. The molecule has 2 aliphatic carbocycles. The van der Waals surface area contributed by atoms with Crippen molar-refractivity contribution in [1.29, 1.82) is 0 Å². The van der Waals surface area contributed by atoms with Crippen LogP contribution in [0.3, 0.4) is 0 Å². The van der Waals surface area contributed by atoms with E-state index in [1.807, 2.05) is 0 Å². The molecule has 0 amide bonds. The molecule has 1 heteroatoms. The van der Waals surface area contributed by atoms with Crippen LogP contribution in [-0.4, -0.2) is 6.29 Å². The Hall–Kier alpha value is -0.330. The molecule has 0 aromatic carbocycles. The first-order valence-electron chi connectivity index (χ1n) is 10.3. The van der Waals surface area contributed by atoms with Gasteiger partial charge < -0.3 is 4.79 Å². The molecule has 0 heterocycles. The van der Waals surface area contributed by atoms with Crippen molar-refractivity contribution >= 4 is 6.29 Å². The molecule has 2 fully saturated rings. The first-order chi connectivity index (χ1) is 10.8. The van der Waals surface area contributed by atoms with Crippen LogP contribution < -0.4 is 0 Å². The van der Waals surface area contributed by atoms with Gasteiger partial charge in [-0.25, -0.2) is 0 Å². The summed E-state index contributed by atoms with van der Waals surface area (Å²) in [5.74, 6) is 3.37. The smallest absolute Gasteiger partial charge is 0.123 e. The third-order valence-corrected chi connectivity index (χ3v) is 6.53. The molecule has 1 nitrogen and oxygen atoms in total. The standard InChI is InChI=1S/C21H38O/c1-2-3-4-5-6-7-8-18-9-13-20(14-10-18)21-15-11-19(17-22)12-16-21/h17-21H,2-16H2,1H3. The van der Waals surface area contributed by atoms with Crippen LogP contribution in [0.25, 0.3) is 0 Å². The summed E-state index contributed by atoms with van der Waals surface area (Å²) in [5, 5.41) is 0. The molecule has 128 valence electrons. The fourth-order valence-electron chi connectivity index (χ4n) is 4.91. The Labute approximate surface area is 138 Å². The minimum absolute atomic E-state index is 0.389. The maximum atomic E-state index is 10.9. The minimum atomic E-state index is 0.389. The predicted molar refractivity (Wildman–Crippen MR) is 95.0 cm³/mol. The highest BCUT2D eigenvalue weighted by Gasteiger charge is 2.30. The molecule has 0 aromatic rings. The maximum absolute atomic E-state index is 10.9. The highest BCUT2D eigenvalue weighted by atomic mass is 16.1. The van der Waals surface area contributed by atoms with E-state index in [4.69, 9.17) is 0 Å². The van der Waals surface area contributed by atoms with E-state index in [1.165, 1.54) is 103 Å². The Morgan fingerprint density at radius 3 is 1.86 bits per heavy atom. The van der Waals surface area contributed by atoms with Crippen molar-refractivity contribution in [1.82, 2.24) is 0 Å². The fraction of sp³-hybridized carbons (Fsp3) is 0.952. The first kappa shape index (κ1) is 18.0. The number of carbonyl (C=O) groups excluding carboxylic acids is 1. The van der Waals surface area contributed by atoms with Gasteiger partial charge >= 0.3 is 0 Å². The van der Waals surface area contributed by atoms with Gasteiger partial charge in [0.25, 0.3) is 0 Å². The highest BCUT2D eigenvalue weighted by molar-refractivity contribution is 5.53. The van der Waals surface area contributed by atoms with Crippen LogP contribution in [0.2, 0.25) is 0 Å². The Morgan fingerprint density at radius 1 is 0.727 bits per heavy atom. The minimum Gasteiger partial charge on any atom is -0.303 e. The monoisotopic (exact) mass is 306 g/mol. The zero-order valence-electron chi connectivity index (χ0n) is 14.9. The van der Waals surface area contributed by atoms with E-state index in [-0.39, 0.29) is 0 Å². The lowest BCUT2D eigenvalue weighted by Gasteiger charge is -2.37. The highest BCUT2D eigenvalue weighted by Crippen LogP contribution is 2.41. The van der Waals surface area contributed by atoms with E-state index in [1.54, 1.807) is 0 Å². The summed E-state index contributed by atoms with van der Waals surface area (Å²) in [4.78, 5) is 10.9. The number of rotatable bonds is 9. The largest absolute Gasteiger partial charge is 0.303 e. The number of carbonyl (C=O) groups is 1. The summed E-state index contributed by atoms with van der Waals surface area (Å²) in [7, 11) is 0. The summed E-state index contributed by atoms with van der Waals surface area (Å²) in [6.45, 7) is 2.30. The van der Waals surface area contributed by atoms with Gasteiger partial charge in [0.05, 0.1) is 0 Å². The van der Waals surface area contributed by atoms with Crippen LogP contribution in [0.1, 0.15) is 103 Å². The van der Waals surface area contributed by atoms with E-state index in [0.29, 0.717) is 5.92 Å². The van der Waals surface area contributed by atoms with Crippen LogP contribution in [-0.2, 0) is 4.79 Å². The molecule has 0 aromatic heterocycles.